The maximum atomic E-state index is 14.5. The highest BCUT2D eigenvalue weighted by Crippen LogP contribution is 2.40. The van der Waals surface area contributed by atoms with E-state index in [1.54, 1.807) is 19.2 Å². The normalized spacial score (nSPS) is 10.5. The minimum atomic E-state index is -0.294. The number of hydrogen-bond acceptors (Lipinski definition) is 4. The van der Waals surface area contributed by atoms with Crippen molar-refractivity contribution in [2.75, 3.05) is 13.7 Å². The van der Waals surface area contributed by atoms with Gasteiger partial charge in [0, 0.05) is 21.9 Å². The van der Waals surface area contributed by atoms with Gasteiger partial charge in [-0.05, 0) is 53.7 Å². The van der Waals surface area contributed by atoms with Crippen molar-refractivity contribution in [3.63, 3.8) is 0 Å². The number of H-pyrrole nitrogens is 1. The number of halogens is 3. The molecule has 0 spiro atoms. The molecule has 0 atom stereocenters. The van der Waals surface area contributed by atoms with Gasteiger partial charge in [0.15, 0.2) is 0 Å². The first-order valence-corrected chi connectivity index (χ1v) is 9.11. The van der Waals surface area contributed by atoms with Crippen LogP contribution in [0.25, 0.3) is 32.1 Å². The van der Waals surface area contributed by atoms with E-state index in [9.17, 15) is 9.18 Å². The predicted molar refractivity (Wildman–Crippen MR) is 119 cm³/mol. The molecule has 2 aromatic carbocycles. The van der Waals surface area contributed by atoms with Gasteiger partial charge in [0.1, 0.15) is 16.3 Å². The molecule has 4 nitrogen and oxygen atoms in total. The molecule has 0 aliphatic heterocycles. The molecule has 3 N–H and O–H groups in total. The quantitative estimate of drug-likeness (QED) is 0.473. The van der Waals surface area contributed by atoms with Crippen molar-refractivity contribution < 1.29 is 9.13 Å². The Morgan fingerprint density at radius 3 is 2.64 bits per heavy atom. The van der Waals surface area contributed by atoms with E-state index in [1.165, 1.54) is 17.4 Å². The Balaban J connectivity index is 0.00000140. The fourth-order valence-corrected chi connectivity index (χ4v) is 4.14. The molecule has 0 bridgehead atoms. The molecule has 28 heavy (non-hydrogen) atoms. The minimum Gasteiger partial charge on any atom is -0.496 e. The second-order valence-corrected chi connectivity index (χ2v) is 6.94. The molecule has 0 saturated carbocycles. The number of pyridine rings is 1. The number of rotatable bonds is 4. The van der Waals surface area contributed by atoms with Crippen LogP contribution in [-0.4, -0.2) is 18.6 Å². The number of hydrogen-bond donors (Lipinski definition) is 2. The lowest BCUT2D eigenvalue weighted by Crippen LogP contribution is -2.06. The number of benzene rings is 2. The second-order valence-electron chi connectivity index (χ2n) is 6.03. The highest BCUT2D eigenvalue weighted by molar-refractivity contribution is 7.17. The Bertz CT molecular complexity index is 1190. The number of methoxy groups -OCH3 is 1. The van der Waals surface area contributed by atoms with Crippen LogP contribution >= 0.6 is 36.2 Å². The molecular weight excluding hydrogens is 422 g/mol. The number of aromatic amines is 1. The topological polar surface area (TPSA) is 68.1 Å². The van der Waals surface area contributed by atoms with E-state index in [4.69, 9.17) is 10.5 Å². The Hall–Kier alpha value is -2.12. The molecule has 8 heteroatoms. The Kier molecular flexibility index (Phi) is 7.06. The molecule has 2 aromatic heterocycles. The van der Waals surface area contributed by atoms with E-state index in [0.717, 1.165) is 16.3 Å². The third-order valence-electron chi connectivity index (χ3n) is 4.53. The van der Waals surface area contributed by atoms with Gasteiger partial charge in [0.2, 0.25) is 0 Å². The number of fused-ring (bicyclic) bond motifs is 3. The summed E-state index contributed by atoms with van der Waals surface area (Å²) in [4.78, 5) is 15.2. The van der Waals surface area contributed by atoms with Gasteiger partial charge >= 0.3 is 0 Å². The monoisotopic (exact) mass is 440 g/mol. The number of aromatic nitrogens is 1. The zero-order chi connectivity index (χ0) is 18.3. The summed E-state index contributed by atoms with van der Waals surface area (Å²) in [5.41, 5.74) is 8.17. The molecule has 0 fully saturated rings. The molecule has 0 aliphatic rings. The number of nitrogens with two attached hydrogens (primary N) is 1. The first-order chi connectivity index (χ1) is 12.6. The number of ether oxygens (including phenoxy) is 1. The van der Waals surface area contributed by atoms with E-state index >= 15 is 0 Å². The van der Waals surface area contributed by atoms with E-state index in [1.807, 2.05) is 23.6 Å². The van der Waals surface area contributed by atoms with Crippen LogP contribution in [0.4, 0.5) is 4.39 Å². The summed E-state index contributed by atoms with van der Waals surface area (Å²) < 4.78 is 20.7. The van der Waals surface area contributed by atoms with Crippen LogP contribution in [0.5, 0.6) is 5.75 Å². The standard InChI is InChI=1S/C20H17FN2O2S.2ClH/c1-25-16-5-4-15-18(13-7-9-26-19(13)20(24)23-15)17(16)12-3-2-11(6-8-22)14(21)10-12;;/h2-5,7,9-10H,6,8,22H2,1H3,(H,23,24);2*1H. The maximum absolute atomic E-state index is 14.5. The Morgan fingerprint density at radius 1 is 1.18 bits per heavy atom. The zero-order valence-corrected chi connectivity index (χ0v) is 17.4. The van der Waals surface area contributed by atoms with E-state index < -0.39 is 0 Å². The van der Waals surface area contributed by atoms with Gasteiger partial charge in [-0.3, -0.25) is 4.79 Å². The van der Waals surface area contributed by atoms with Gasteiger partial charge in [0.05, 0.1) is 7.11 Å². The van der Waals surface area contributed by atoms with Crippen molar-refractivity contribution in [3.05, 3.63) is 63.5 Å². The summed E-state index contributed by atoms with van der Waals surface area (Å²) in [6, 6.07) is 10.7. The summed E-state index contributed by atoms with van der Waals surface area (Å²) in [5, 5.41) is 3.58. The zero-order valence-electron chi connectivity index (χ0n) is 15.0. The summed E-state index contributed by atoms with van der Waals surface area (Å²) in [7, 11) is 1.58. The summed E-state index contributed by atoms with van der Waals surface area (Å²) >= 11 is 1.39. The SMILES string of the molecule is COc1ccc2[nH]c(=O)c3sccc3c2c1-c1ccc(CCN)c(F)c1.Cl.Cl. The summed E-state index contributed by atoms with van der Waals surface area (Å²) in [5.74, 6) is 0.334. The maximum Gasteiger partial charge on any atom is 0.266 e. The minimum absolute atomic E-state index is 0. The van der Waals surface area contributed by atoms with Gasteiger partial charge in [-0.25, -0.2) is 4.39 Å². The van der Waals surface area contributed by atoms with Crippen LogP contribution in [0.3, 0.4) is 0 Å². The largest absolute Gasteiger partial charge is 0.496 e. The van der Waals surface area contributed by atoms with E-state index in [0.29, 0.717) is 40.1 Å². The highest BCUT2D eigenvalue weighted by atomic mass is 35.5. The smallest absolute Gasteiger partial charge is 0.266 e. The lowest BCUT2D eigenvalue weighted by Gasteiger charge is -2.14. The van der Waals surface area contributed by atoms with Gasteiger partial charge in [0.25, 0.3) is 5.56 Å². The molecule has 4 rings (SSSR count). The first kappa shape index (κ1) is 22.2. The summed E-state index contributed by atoms with van der Waals surface area (Å²) in [6.45, 7) is 0.393. The second kappa shape index (κ2) is 8.92. The summed E-state index contributed by atoms with van der Waals surface area (Å²) in [6.07, 6.45) is 0.487. The van der Waals surface area contributed by atoms with Crippen molar-refractivity contribution in [2.24, 2.45) is 5.73 Å². The molecule has 148 valence electrons. The van der Waals surface area contributed by atoms with Crippen molar-refractivity contribution in [2.45, 2.75) is 6.42 Å². The van der Waals surface area contributed by atoms with Crippen LogP contribution in [-0.2, 0) is 6.42 Å². The average Bonchev–Trinajstić information content (AvgIpc) is 3.13. The third kappa shape index (κ3) is 3.61. The lowest BCUT2D eigenvalue weighted by molar-refractivity contribution is 0.417. The van der Waals surface area contributed by atoms with Crippen molar-refractivity contribution in [1.29, 1.82) is 0 Å². The van der Waals surface area contributed by atoms with Crippen molar-refractivity contribution >= 4 is 57.1 Å². The van der Waals surface area contributed by atoms with Gasteiger partial charge in [-0.15, -0.1) is 36.2 Å². The molecule has 0 amide bonds. The van der Waals surface area contributed by atoms with Crippen molar-refractivity contribution in [3.8, 4) is 16.9 Å². The van der Waals surface area contributed by atoms with E-state index in [-0.39, 0.29) is 36.2 Å². The van der Waals surface area contributed by atoms with E-state index in [2.05, 4.69) is 4.98 Å². The predicted octanol–water partition coefficient (Wildman–Crippen LogP) is 4.90. The molecule has 2 heterocycles. The molecule has 0 unspecified atom stereocenters. The average molecular weight is 441 g/mol. The molecule has 0 radical (unpaired) electrons. The Labute approximate surface area is 177 Å². The van der Waals surface area contributed by atoms with Gasteiger partial charge in [-0.1, -0.05) is 12.1 Å². The van der Waals surface area contributed by atoms with Crippen LogP contribution in [0, 0.1) is 5.82 Å². The van der Waals surface area contributed by atoms with Gasteiger partial charge < -0.3 is 15.5 Å². The molecular formula is C20H19Cl2FN2O2S. The Morgan fingerprint density at radius 2 is 1.96 bits per heavy atom. The van der Waals surface area contributed by atoms with Crippen LogP contribution in [0.2, 0.25) is 0 Å². The highest BCUT2D eigenvalue weighted by Gasteiger charge is 2.17. The fraction of sp³-hybridized carbons (Fsp3) is 0.150. The molecule has 4 aromatic rings. The lowest BCUT2D eigenvalue weighted by atomic mass is 9.96. The third-order valence-corrected chi connectivity index (χ3v) is 5.44. The number of nitrogens with one attached hydrogen (secondary N) is 1. The van der Waals surface area contributed by atoms with Crippen molar-refractivity contribution in [1.82, 2.24) is 4.98 Å². The fourth-order valence-electron chi connectivity index (χ4n) is 3.35. The van der Waals surface area contributed by atoms with Crippen LogP contribution < -0.4 is 16.0 Å². The van der Waals surface area contributed by atoms with Gasteiger partial charge in [-0.2, -0.15) is 0 Å². The number of thiophene rings is 1. The van der Waals surface area contributed by atoms with Crippen LogP contribution in [0.15, 0.2) is 46.6 Å². The molecule has 0 saturated heterocycles. The first-order valence-electron chi connectivity index (χ1n) is 8.23. The molecule has 0 aliphatic carbocycles. The van der Waals surface area contributed by atoms with Crippen LogP contribution in [0.1, 0.15) is 5.56 Å².